The molecule has 3 N–H and O–H groups in total. The van der Waals surface area contributed by atoms with Crippen LogP contribution in [0.15, 0.2) is 34.9 Å². The van der Waals surface area contributed by atoms with E-state index in [1.807, 2.05) is 13.0 Å². The van der Waals surface area contributed by atoms with Crippen LogP contribution in [0.25, 0.3) is 22.4 Å². The Balaban J connectivity index is 2.28. The van der Waals surface area contributed by atoms with Gasteiger partial charge in [0.05, 0.1) is 27.6 Å². The molecule has 2 heterocycles. The first-order chi connectivity index (χ1) is 10.1. The van der Waals surface area contributed by atoms with Crippen LogP contribution in [0.2, 0.25) is 10.0 Å². The number of nitrogen functional groups attached to an aromatic ring is 1. The molecule has 1 aromatic carbocycles. The zero-order valence-corrected chi connectivity index (χ0v) is 12.8. The van der Waals surface area contributed by atoms with Crippen LogP contribution >= 0.6 is 23.2 Å². The number of furan rings is 1. The number of hydrogen-bond donors (Lipinski definition) is 2. The van der Waals surface area contributed by atoms with Gasteiger partial charge in [-0.3, -0.25) is 5.10 Å². The highest BCUT2D eigenvalue weighted by Crippen LogP contribution is 2.43. The highest BCUT2D eigenvalue weighted by Gasteiger charge is 2.22. The predicted molar refractivity (Wildman–Crippen MR) is 85.5 cm³/mol. The summed E-state index contributed by atoms with van der Waals surface area (Å²) in [5, 5.41) is 8.10. The lowest BCUT2D eigenvalue weighted by Gasteiger charge is -2.08. The molecule has 0 fully saturated rings. The van der Waals surface area contributed by atoms with E-state index < -0.39 is 0 Å². The van der Waals surface area contributed by atoms with Crippen molar-refractivity contribution in [3.8, 4) is 22.4 Å². The molecule has 21 heavy (non-hydrogen) atoms. The molecule has 0 saturated carbocycles. The Morgan fingerprint density at radius 2 is 1.90 bits per heavy atom. The van der Waals surface area contributed by atoms with Crippen LogP contribution in [-0.2, 0) is 6.42 Å². The maximum Gasteiger partial charge on any atom is 0.153 e. The number of H-pyrrole nitrogens is 1. The molecule has 0 radical (unpaired) electrons. The van der Waals surface area contributed by atoms with Crippen LogP contribution in [0.3, 0.4) is 0 Å². The van der Waals surface area contributed by atoms with Gasteiger partial charge >= 0.3 is 0 Å². The Hall–Kier alpha value is -1.91. The van der Waals surface area contributed by atoms with Crippen LogP contribution in [0.4, 0.5) is 5.82 Å². The van der Waals surface area contributed by atoms with Crippen LogP contribution in [0.1, 0.15) is 12.7 Å². The van der Waals surface area contributed by atoms with Gasteiger partial charge in [0, 0.05) is 17.5 Å². The first-order valence-corrected chi connectivity index (χ1v) is 7.24. The van der Waals surface area contributed by atoms with Crippen LogP contribution in [-0.4, -0.2) is 10.2 Å². The van der Waals surface area contributed by atoms with E-state index in [2.05, 4.69) is 10.2 Å². The molecular weight excluding hydrogens is 309 g/mol. The van der Waals surface area contributed by atoms with Crippen molar-refractivity contribution in [1.82, 2.24) is 10.2 Å². The lowest BCUT2D eigenvalue weighted by atomic mass is 10.0. The molecule has 108 valence electrons. The molecule has 0 unspecified atom stereocenters. The van der Waals surface area contributed by atoms with Gasteiger partial charge in [0.2, 0.25) is 0 Å². The second kappa shape index (κ2) is 5.47. The van der Waals surface area contributed by atoms with Crippen molar-refractivity contribution in [3.05, 3.63) is 46.3 Å². The fraction of sp³-hybridized carbons (Fsp3) is 0.133. The third kappa shape index (κ3) is 2.30. The molecule has 0 spiro atoms. The SMILES string of the molecule is CCc1occc1-c1[nH]nc(N)c1-c1c(Cl)cccc1Cl. The molecule has 0 saturated heterocycles. The van der Waals surface area contributed by atoms with Crippen LogP contribution in [0, 0.1) is 0 Å². The number of aryl methyl sites for hydroxylation is 1. The summed E-state index contributed by atoms with van der Waals surface area (Å²) in [7, 11) is 0. The summed E-state index contributed by atoms with van der Waals surface area (Å²) >= 11 is 12.6. The summed E-state index contributed by atoms with van der Waals surface area (Å²) in [4.78, 5) is 0. The van der Waals surface area contributed by atoms with Gasteiger partial charge in [-0.1, -0.05) is 36.2 Å². The smallest absolute Gasteiger partial charge is 0.153 e. The lowest BCUT2D eigenvalue weighted by molar-refractivity contribution is 0.517. The number of aromatic nitrogens is 2. The molecular formula is C15H13Cl2N3O. The zero-order valence-electron chi connectivity index (χ0n) is 11.3. The van der Waals surface area contributed by atoms with Gasteiger partial charge in [0.1, 0.15) is 5.76 Å². The van der Waals surface area contributed by atoms with E-state index in [9.17, 15) is 0 Å². The molecule has 6 heteroatoms. The van der Waals surface area contributed by atoms with Crippen molar-refractivity contribution in [2.24, 2.45) is 0 Å². The second-order valence-corrected chi connectivity index (χ2v) is 5.38. The molecule has 3 rings (SSSR count). The molecule has 0 bridgehead atoms. The first-order valence-electron chi connectivity index (χ1n) is 6.48. The van der Waals surface area contributed by atoms with E-state index in [1.165, 1.54) is 0 Å². The van der Waals surface area contributed by atoms with Gasteiger partial charge in [0.15, 0.2) is 5.82 Å². The molecule has 0 amide bonds. The normalized spacial score (nSPS) is 11.0. The van der Waals surface area contributed by atoms with Crippen molar-refractivity contribution in [2.75, 3.05) is 5.73 Å². The van der Waals surface area contributed by atoms with E-state index in [1.54, 1.807) is 24.5 Å². The summed E-state index contributed by atoms with van der Waals surface area (Å²) in [6.45, 7) is 2.02. The molecule has 2 aromatic heterocycles. The van der Waals surface area contributed by atoms with E-state index in [0.717, 1.165) is 23.4 Å². The van der Waals surface area contributed by atoms with Crippen LogP contribution in [0.5, 0.6) is 0 Å². The quantitative estimate of drug-likeness (QED) is 0.728. The number of nitrogens with one attached hydrogen (secondary N) is 1. The number of rotatable bonds is 3. The fourth-order valence-electron chi connectivity index (χ4n) is 2.38. The van der Waals surface area contributed by atoms with Crippen molar-refractivity contribution < 1.29 is 4.42 Å². The number of aromatic amines is 1. The third-order valence-electron chi connectivity index (χ3n) is 3.34. The average molecular weight is 322 g/mol. The number of halogens is 2. The summed E-state index contributed by atoms with van der Waals surface area (Å²) in [5.41, 5.74) is 9.05. The standard InChI is InChI=1S/C15H13Cl2N3O/c1-2-11-8(6-7-21-11)14-13(15(18)20-19-14)12-9(16)4-3-5-10(12)17/h3-7H,2H2,1H3,(H3,18,19,20). The highest BCUT2D eigenvalue weighted by atomic mass is 35.5. The van der Waals surface area contributed by atoms with Crippen molar-refractivity contribution in [3.63, 3.8) is 0 Å². The molecule has 0 atom stereocenters. The Bertz CT molecular complexity index is 772. The fourth-order valence-corrected chi connectivity index (χ4v) is 2.96. The Labute approximate surface area is 131 Å². The number of benzene rings is 1. The van der Waals surface area contributed by atoms with Gasteiger partial charge < -0.3 is 10.2 Å². The topological polar surface area (TPSA) is 67.8 Å². The van der Waals surface area contributed by atoms with Gasteiger partial charge in [-0.25, -0.2) is 0 Å². The van der Waals surface area contributed by atoms with E-state index in [4.69, 9.17) is 33.4 Å². The monoisotopic (exact) mass is 321 g/mol. The number of nitrogens with zero attached hydrogens (tertiary/aromatic N) is 1. The third-order valence-corrected chi connectivity index (χ3v) is 3.97. The molecule has 0 aliphatic carbocycles. The van der Waals surface area contributed by atoms with Gasteiger partial charge in [-0.2, -0.15) is 5.10 Å². The minimum Gasteiger partial charge on any atom is -0.469 e. The number of nitrogens with two attached hydrogens (primary N) is 1. The van der Waals surface area contributed by atoms with E-state index in [0.29, 0.717) is 27.0 Å². The first kappa shape index (κ1) is 14.0. The Morgan fingerprint density at radius 3 is 2.57 bits per heavy atom. The summed E-state index contributed by atoms with van der Waals surface area (Å²) in [5.74, 6) is 1.20. The van der Waals surface area contributed by atoms with Gasteiger partial charge in [-0.15, -0.1) is 0 Å². The average Bonchev–Trinajstić information content (AvgIpc) is 3.06. The largest absolute Gasteiger partial charge is 0.469 e. The van der Waals surface area contributed by atoms with Crippen molar-refractivity contribution >= 4 is 29.0 Å². The highest BCUT2D eigenvalue weighted by molar-refractivity contribution is 6.39. The number of anilines is 1. The maximum atomic E-state index is 6.29. The van der Waals surface area contributed by atoms with Crippen molar-refractivity contribution in [1.29, 1.82) is 0 Å². The summed E-state index contributed by atoms with van der Waals surface area (Å²) < 4.78 is 5.47. The number of hydrogen-bond acceptors (Lipinski definition) is 3. The van der Waals surface area contributed by atoms with Crippen molar-refractivity contribution in [2.45, 2.75) is 13.3 Å². The minimum atomic E-state index is 0.350. The molecule has 4 nitrogen and oxygen atoms in total. The van der Waals surface area contributed by atoms with Crippen LogP contribution < -0.4 is 5.73 Å². The molecule has 3 aromatic rings. The molecule has 0 aliphatic heterocycles. The van der Waals surface area contributed by atoms with E-state index >= 15 is 0 Å². The zero-order chi connectivity index (χ0) is 15.0. The van der Waals surface area contributed by atoms with E-state index in [-0.39, 0.29) is 0 Å². The minimum absolute atomic E-state index is 0.350. The second-order valence-electron chi connectivity index (χ2n) is 4.57. The Kier molecular flexibility index (Phi) is 3.66. The lowest BCUT2D eigenvalue weighted by Crippen LogP contribution is -1.91. The predicted octanol–water partition coefficient (Wildman–Crippen LogP) is 4.79. The van der Waals surface area contributed by atoms with Gasteiger partial charge in [0.25, 0.3) is 0 Å². The Morgan fingerprint density at radius 1 is 1.19 bits per heavy atom. The summed E-state index contributed by atoms with van der Waals surface area (Å²) in [6, 6.07) is 7.21. The molecule has 0 aliphatic rings. The summed E-state index contributed by atoms with van der Waals surface area (Å²) in [6.07, 6.45) is 2.40. The maximum absolute atomic E-state index is 6.29. The van der Waals surface area contributed by atoms with Gasteiger partial charge in [-0.05, 0) is 18.2 Å².